The fourth-order valence-corrected chi connectivity index (χ4v) is 5.37. The first-order valence-corrected chi connectivity index (χ1v) is 11.8. The van der Waals surface area contributed by atoms with Crippen molar-refractivity contribution in [3.8, 4) is 5.75 Å². The van der Waals surface area contributed by atoms with Crippen molar-refractivity contribution in [2.45, 2.75) is 58.3 Å². The van der Waals surface area contributed by atoms with Crippen LogP contribution in [0.3, 0.4) is 0 Å². The molecule has 0 atom stereocenters. The van der Waals surface area contributed by atoms with E-state index in [1.165, 1.54) is 29.7 Å². The van der Waals surface area contributed by atoms with Crippen molar-refractivity contribution in [1.29, 1.82) is 0 Å². The van der Waals surface area contributed by atoms with Gasteiger partial charge in [0.25, 0.3) is 0 Å². The first-order valence-electron chi connectivity index (χ1n) is 11.0. The summed E-state index contributed by atoms with van der Waals surface area (Å²) in [6.45, 7) is 5.01. The fourth-order valence-electron chi connectivity index (χ4n) is 4.36. The molecule has 0 spiro atoms. The molecule has 1 aliphatic heterocycles. The summed E-state index contributed by atoms with van der Waals surface area (Å²) < 4.78 is 6.20. The number of aliphatic carboxylic acids is 1. The SMILES string of the molecule is Cc1sc(N2CCCCC2)nc1CCOc1cccc2c1CCC=C2CCC(=O)O. The molecule has 2 aromatic rings. The molecule has 1 aliphatic carbocycles. The Kier molecular flexibility index (Phi) is 6.72. The molecule has 1 aromatic heterocycles. The van der Waals surface area contributed by atoms with E-state index in [-0.39, 0.29) is 6.42 Å². The van der Waals surface area contributed by atoms with Crippen LogP contribution in [0.1, 0.15) is 60.2 Å². The maximum absolute atomic E-state index is 11.0. The smallest absolute Gasteiger partial charge is 0.303 e. The number of rotatable bonds is 8. The first kappa shape index (κ1) is 20.9. The highest BCUT2D eigenvalue weighted by molar-refractivity contribution is 7.15. The summed E-state index contributed by atoms with van der Waals surface area (Å²) >= 11 is 1.80. The summed E-state index contributed by atoms with van der Waals surface area (Å²) in [6.07, 6.45) is 9.46. The third-order valence-corrected chi connectivity index (χ3v) is 7.05. The van der Waals surface area contributed by atoms with Crippen LogP contribution in [0.2, 0.25) is 0 Å². The van der Waals surface area contributed by atoms with Crippen LogP contribution >= 0.6 is 11.3 Å². The lowest BCUT2D eigenvalue weighted by Gasteiger charge is -2.25. The molecule has 4 rings (SSSR count). The zero-order chi connectivity index (χ0) is 20.9. The summed E-state index contributed by atoms with van der Waals surface area (Å²) in [7, 11) is 0. The lowest BCUT2D eigenvalue weighted by atomic mass is 9.88. The first-order chi connectivity index (χ1) is 14.6. The Hall–Kier alpha value is -2.34. The average molecular weight is 427 g/mol. The zero-order valence-corrected chi connectivity index (χ0v) is 18.5. The second kappa shape index (κ2) is 9.65. The molecule has 2 heterocycles. The van der Waals surface area contributed by atoms with E-state index in [2.05, 4.69) is 24.0 Å². The molecule has 0 amide bonds. The summed E-state index contributed by atoms with van der Waals surface area (Å²) in [5.74, 6) is 0.176. The molecule has 0 radical (unpaired) electrons. The molecule has 2 aliphatic rings. The van der Waals surface area contributed by atoms with Crippen molar-refractivity contribution in [3.63, 3.8) is 0 Å². The number of carboxylic acid groups (broad SMARTS) is 1. The van der Waals surface area contributed by atoms with Gasteiger partial charge in [-0.1, -0.05) is 18.2 Å². The molecule has 5 nitrogen and oxygen atoms in total. The van der Waals surface area contributed by atoms with Gasteiger partial charge in [0.15, 0.2) is 5.13 Å². The normalized spacial score (nSPS) is 16.2. The standard InChI is InChI=1S/C24H30N2O3S/c1-17-21(25-24(30-17)26-14-3-2-4-15-26)13-16-29-22-10-6-8-19-18(11-12-23(27)28)7-5-9-20(19)22/h6-8,10H,2-5,9,11-16H2,1H3,(H,27,28). The van der Waals surface area contributed by atoms with Crippen molar-refractivity contribution in [1.82, 2.24) is 4.98 Å². The molecule has 160 valence electrons. The fraction of sp³-hybridized carbons (Fsp3) is 0.500. The second-order valence-corrected chi connectivity index (χ2v) is 9.27. The average Bonchev–Trinajstić information content (AvgIpc) is 3.13. The van der Waals surface area contributed by atoms with Crippen LogP contribution in [0, 0.1) is 6.92 Å². The molecule has 1 aromatic carbocycles. The summed E-state index contributed by atoms with van der Waals surface area (Å²) in [5, 5.41) is 10.2. The molecule has 1 fully saturated rings. The van der Waals surface area contributed by atoms with Gasteiger partial charge in [-0.3, -0.25) is 4.79 Å². The Morgan fingerprint density at radius 1 is 1.23 bits per heavy atom. The molecule has 30 heavy (non-hydrogen) atoms. The minimum absolute atomic E-state index is 0.165. The van der Waals surface area contributed by atoms with Crippen molar-refractivity contribution in [2.75, 3.05) is 24.6 Å². The van der Waals surface area contributed by atoms with E-state index < -0.39 is 5.97 Å². The van der Waals surface area contributed by atoms with Gasteiger partial charge in [0, 0.05) is 36.4 Å². The summed E-state index contributed by atoms with van der Waals surface area (Å²) in [6, 6.07) is 6.13. The van der Waals surface area contributed by atoms with Gasteiger partial charge in [-0.15, -0.1) is 11.3 Å². The third kappa shape index (κ3) is 4.86. The molecule has 0 unspecified atom stereocenters. The number of carboxylic acids is 1. The van der Waals surface area contributed by atoms with Gasteiger partial charge in [-0.05, 0) is 62.7 Å². The number of thiazole rings is 1. The van der Waals surface area contributed by atoms with E-state index in [1.807, 2.05) is 12.1 Å². The van der Waals surface area contributed by atoms with Gasteiger partial charge < -0.3 is 14.7 Å². The van der Waals surface area contributed by atoms with Crippen molar-refractivity contribution in [2.24, 2.45) is 0 Å². The Bertz CT molecular complexity index is 929. The largest absolute Gasteiger partial charge is 0.493 e. The Morgan fingerprint density at radius 3 is 2.87 bits per heavy atom. The molecule has 0 saturated carbocycles. The van der Waals surface area contributed by atoms with Crippen LogP contribution in [0.5, 0.6) is 5.75 Å². The Balaban J connectivity index is 1.39. The molecule has 0 bridgehead atoms. The second-order valence-electron chi connectivity index (χ2n) is 8.09. The van der Waals surface area contributed by atoms with Crippen LogP contribution < -0.4 is 9.64 Å². The van der Waals surface area contributed by atoms with Gasteiger partial charge in [-0.2, -0.15) is 0 Å². The quantitative estimate of drug-likeness (QED) is 0.624. The van der Waals surface area contributed by atoms with E-state index in [0.29, 0.717) is 13.0 Å². The number of hydrogen-bond donors (Lipinski definition) is 1. The molecule has 1 N–H and O–H groups in total. The van der Waals surface area contributed by atoms with E-state index in [0.717, 1.165) is 60.1 Å². The predicted molar refractivity (Wildman–Crippen MR) is 122 cm³/mol. The van der Waals surface area contributed by atoms with E-state index in [4.69, 9.17) is 14.8 Å². The van der Waals surface area contributed by atoms with E-state index >= 15 is 0 Å². The van der Waals surface area contributed by atoms with Crippen LogP contribution in [-0.4, -0.2) is 35.8 Å². The van der Waals surface area contributed by atoms with E-state index in [1.54, 1.807) is 11.3 Å². The minimum atomic E-state index is -0.752. The number of benzene rings is 1. The topological polar surface area (TPSA) is 62.7 Å². The van der Waals surface area contributed by atoms with Crippen LogP contribution in [0.15, 0.2) is 24.3 Å². The van der Waals surface area contributed by atoms with E-state index in [9.17, 15) is 4.79 Å². The number of anilines is 1. The lowest BCUT2D eigenvalue weighted by molar-refractivity contribution is -0.136. The minimum Gasteiger partial charge on any atom is -0.493 e. The van der Waals surface area contributed by atoms with Crippen LogP contribution in [0.4, 0.5) is 5.13 Å². The predicted octanol–water partition coefficient (Wildman–Crippen LogP) is 5.26. The number of allylic oxidation sites excluding steroid dienone is 2. The Labute approximate surface area is 182 Å². The zero-order valence-electron chi connectivity index (χ0n) is 17.7. The number of ether oxygens (including phenoxy) is 1. The van der Waals surface area contributed by atoms with Gasteiger partial charge in [0.1, 0.15) is 5.75 Å². The summed E-state index contributed by atoms with van der Waals surface area (Å²) in [4.78, 5) is 19.6. The maximum atomic E-state index is 11.0. The number of nitrogens with zero attached hydrogens (tertiary/aromatic N) is 2. The number of carbonyl (C=O) groups is 1. The third-order valence-electron chi connectivity index (χ3n) is 5.98. The number of piperidine rings is 1. The monoisotopic (exact) mass is 426 g/mol. The maximum Gasteiger partial charge on any atom is 0.303 e. The van der Waals surface area contributed by atoms with Gasteiger partial charge in [-0.25, -0.2) is 4.98 Å². The lowest BCUT2D eigenvalue weighted by Crippen LogP contribution is -2.29. The number of fused-ring (bicyclic) bond motifs is 1. The Morgan fingerprint density at radius 2 is 2.07 bits per heavy atom. The molecule has 1 saturated heterocycles. The van der Waals surface area contributed by atoms with Crippen LogP contribution in [0.25, 0.3) is 5.57 Å². The van der Waals surface area contributed by atoms with Gasteiger partial charge in [0.05, 0.1) is 12.3 Å². The van der Waals surface area contributed by atoms with Crippen molar-refractivity contribution < 1.29 is 14.6 Å². The molecule has 6 heteroatoms. The van der Waals surface area contributed by atoms with Crippen molar-refractivity contribution >= 4 is 28.0 Å². The number of aromatic nitrogens is 1. The molecular formula is C24H30N2O3S. The van der Waals surface area contributed by atoms with Crippen LogP contribution in [-0.2, 0) is 17.6 Å². The van der Waals surface area contributed by atoms with Gasteiger partial charge in [0.2, 0.25) is 0 Å². The highest BCUT2D eigenvalue weighted by Gasteiger charge is 2.19. The highest BCUT2D eigenvalue weighted by Crippen LogP contribution is 2.35. The number of aryl methyl sites for hydroxylation is 1. The highest BCUT2D eigenvalue weighted by atomic mass is 32.1. The van der Waals surface area contributed by atoms with Crippen molar-refractivity contribution in [3.05, 3.63) is 46.0 Å². The van der Waals surface area contributed by atoms with Gasteiger partial charge >= 0.3 is 5.97 Å². The number of hydrogen-bond acceptors (Lipinski definition) is 5. The molecular weight excluding hydrogens is 396 g/mol. The summed E-state index contributed by atoms with van der Waals surface area (Å²) in [5.41, 5.74) is 4.64.